The van der Waals surface area contributed by atoms with E-state index >= 15 is 0 Å². The summed E-state index contributed by atoms with van der Waals surface area (Å²) in [5.74, 6) is -2.30. The standard InChI is InChI=1S/C13H16O4/c1-6(2)9-10(12(14)15)7(3)5-8(4)11(9)13(16)17/h5-6H,1-4H3,(H,14,15)(H,16,17). The highest BCUT2D eigenvalue weighted by Gasteiger charge is 2.24. The number of aromatic carboxylic acids is 2. The monoisotopic (exact) mass is 236 g/mol. The van der Waals surface area contributed by atoms with Gasteiger partial charge < -0.3 is 10.2 Å². The van der Waals surface area contributed by atoms with Crippen LogP contribution >= 0.6 is 0 Å². The van der Waals surface area contributed by atoms with Crippen molar-refractivity contribution in [3.63, 3.8) is 0 Å². The van der Waals surface area contributed by atoms with E-state index in [1.54, 1.807) is 33.8 Å². The second kappa shape index (κ2) is 4.57. The molecule has 0 aliphatic rings. The first-order valence-electron chi connectivity index (χ1n) is 5.38. The van der Waals surface area contributed by atoms with Gasteiger partial charge in [0.1, 0.15) is 0 Å². The van der Waals surface area contributed by atoms with Crippen molar-refractivity contribution in [2.75, 3.05) is 0 Å². The molecule has 0 amide bonds. The number of aryl methyl sites for hydroxylation is 2. The van der Waals surface area contributed by atoms with Gasteiger partial charge in [0.2, 0.25) is 0 Å². The lowest BCUT2D eigenvalue weighted by atomic mass is 9.86. The van der Waals surface area contributed by atoms with Crippen molar-refractivity contribution in [1.29, 1.82) is 0 Å². The fourth-order valence-electron chi connectivity index (χ4n) is 2.16. The Bertz CT molecular complexity index is 448. The van der Waals surface area contributed by atoms with Gasteiger partial charge in [0.05, 0.1) is 11.1 Å². The van der Waals surface area contributed by atoms with Crippen molar-refractivity contribution >= 4 is 11.9 Å². The molecule has 0 atom stereocenters. The molecule has 0 spiro atoms. The van der Waals surface area contributed by atoms with E-state index < -0.39 is 11.9 Å². The predicted octanol–water partition coefficient (Wildman–Crippen LogP) is 2.82. The first kappa shape index (κ1) is 13.2. The van der Waals surface area contributed by atoms with Crippen molar-refractivity contribution in [1.82, 2.24) is 0 Å². The average molecular weight is 236 g/mol. The molecule has 0 unspecified atom stereocenters. The van der Waals surface area contributed by atoms with Crippen LogP contribution < -0.4 is 0 Å². The van der Waals surface area contributed by atoms with E-state index in [-0.39, 0.29) is 17.0 Å². The van der Waals surface area contributed by atoms with Gasteiger partial charge in [-0.3, -0.25) is 0 Å². The molecular weight excluding hydrogens is 220 g/mol. The Morgan fingerprint density at radius 2 is 1.35 bits per heavy atom. The van der Waals surface area contributed by atoms with Crippen molar-refractivity contribution in [2.45, 2.75) is 33.6 Å². The molecule has 0 saturated carbocycles. The van der Waals surface area contributed by atoms with Crippen LogP contribution in [0.5, 0.6) is 0 Å². The quantitative estimate of drug-likeness (QED) is 0.846. The van der Waals surface area contributed by atoms with Crippen molar-refractivity contribution in [3.05, 3.63) is 33.9 Å². The van der Waals surface area contributed by atoms with E-state index in [2.05, 4.69) is 0 Å². The molecule has 0 fully saturated rings. The zero-order valence-electron chi connectivity index (χ0n) is 10.4. The minimum Gasteiger partial charge on any atom is -0.478 e. The van der Waals surface area contributed by atoms with Crippen LogP contribution in [0.3, 0.4) is 0 Å². The number of benzene rings is 1. The summed E-state index contributed by atoms with van der Waals surface area (Å²) >= 11 is 0. The average Bonchev–Trinajstić information content (AvgIpc) is 2.14. The number of rotatable bonds is 3. The van der Waals surface area contributed by atoms with Crippen molar-refractivity contribution in [3.8, 4) is 0 Å². The van der Waals surface area contributed by atoms with Gasteiger partial charge in [0.25, 0.3) is 0 Å². The second-order valence-electron chi connectivity index (χ2n) is 4.44. The van der Waals surface area contributed by atoms with Gasteiger partial charge in [0, 0.05) is 0 Å². The molecule has 0 radical (unpaired) electrons. The first-order valence-corrected chi connectivity index (χ1v) is 5.38. The summed E-state index contributed by atoms with van der Waals surface area (Å²) in [5.41, 5.74) is 1.83. The summed E-state index contributed by atoms with van der Waals surface area (Å²) < 4.78 is 0. The highest BCUT2D eigenvalue weighted by atomic mass is 16.4. The Balaban J connectivity index is 3.78. The lowest BCUT2D eigenvalue weighted by Crippen LogP contribution is -2.15. The van der Waals surface area contributed by atoms with Crippen LogP contribution in [0, 0.1) is 13.8 Å². The minimum absolute atomic E-state index is 0.114. The molecule has 4 heteroatoms. The van der Waals surface area contributed by atoms with Gasteiger partial charge in [-0.25, -0.2) is 9.59 Å². The molecule has 0 aliphatic carbocycles. The Morgan fingerprint density at radius 1 is 1.00 bits per heavy atom. The zero-order valence-corrected chi connectivity index (χ0v) is 10.4. The van der Waals surface area contributed by atoms with E-state index in [4.69, 9.17) is 0 Å². The van der Waals surface area contributed by atoms with Crippen LogP contribution in [0.1, 0.15) is 57.2 Å². The lowest BCUT2D eigenvalue weighted by molar-refractivity contribution is 0.0693. The third kappa shape index (κ3) is 2.30. The van der Waals surface area contributed by atoms with E-state index in [0.29, 0.717) is 16.7 Å². The van der Waals surface area contributed by atoms with Crippen LogP contribution in [0.15, 0.2) is 6.07 Å². The number of carboxylic acid groups (broad SMARTS) is 2. The SMILES string of the molecule is Cc1cc(C)c(C(=O)O)c(C(C)C)c1C(=O)O. The fraction of sp³-hybridized carbons (Fsp3) is 0.385. The smallest absolute Gasteiger partial charge is 0.336 e. The normalized spacial score (nSPS) is 10.6. The van der Waals surface area contributed by atoms with E-state index in [1.165, 1.54) is 0 Å². The molecule has 17 heavy (non-hydrogen) atoms. The highest BCUT2D eigenvalue weighted by molar-refractivity contribution is 5.99. The van der Waals surface area contributed by atoms with Crippen LogP contribution in [0.4, 0.5) is 0 Å². The molecule has 2 N–H and O–H groups in total. The molecule has 4 nitrogen and oxygen atoms in total. The molecule has 0 saturated heterocycles. The summed E-state index contributed by atoms with van der Waals surface area (Å²) in [5, 5.41) is 18.4. The van der Waals surface area contributed by atoms with E-state index in [9.17, 15) is 19.8 Å². The maximum absolute atomic E-state index is 11.2. The largest absolute Gasteiger partial charge is 0.478 e. The second-order valence-corrected chi connectivity index (χ2v) is 4.44. The summed E-state index contributed by atoms with van der Waals surface area (Å²) in [6, 6.07) is 1.61. The summed E-state index contributed by atoms with van der Waals surface area (Å²) in [4.78, 5) is 22.5. The van der Waals surface area contributed by atoms with Crippen LogP contribution in [-0.4, -0.2) is 22.2 Å². The summed E-state index contributed by atoms with van der Waals surface area (Å²) in [6.07, 6.45) is 0. The molecule has 0 heterocycles. The molecule has 1 aromatic carbocycles. The Kier molecular flexibility index (Phi) is 3.56. The third-order valence-electron chi connectivity index (χ3n) is 2.77. The lowest BCUT2D eigenvalue weighted by Gasteiger charge is -2.17. The highest BCUT2D eigenvalue weighted by Crippen LogP contribution is 2.29. The number of hydrogen-bond acceptors (Lipinski definition) is 2. The number of hydrogen-bond donors (Lipinski definition) is 2. The van der Waals surface area contributed by atoms with Gasteiger partial charge in [-0.05, 0) is 36.5 Å². The van der Waals surface area contributed by atoms with Gasteiger partial charge >= 0.3 is 11.9 Å². The van der Waals surface area contributed by atoms with Crippen LogP contribution in [0.2, 0.25) is 0 Å². The van der Waals surface area contributed by atoms with Gasteiger partial charge in [-0.1, -0.05) is 19.9 Å². The van der Waals surface area contributed by atoms with Crippen molar-refractivity contribution < 1.29 is 19.8 Å². The molecule has 1 rings (SSSR count). The van der Waals surface area contributed by atoms with E-state index in [0.717, 1.165) is 0 Å². The molecule has 0 aliphatic heterocycles. The van der Waals surface area contributed by atoms with Crippen LogP contribution in [-0.2, 0) is 0 Å². The number of carboxylic acids is 2. The molecule has 92 valence electrons. The Hall–Kier alpha value is -1.84. The molecular formula is C13H16O4. The maximum Gasteiger partial charge on any atom is 0.336 e. The maximum atomic E-state index is 11.2. The topological polar surface area (TPSA) is 74.6 Å². The zero-order chi connectivity index (χ0) is 13.3. The van der Waals surface area contributed by atoms with Gasteiger partial charge in [0.15, 0.2) is 0 Å². The fourth-order valence-corrected chi connectivity index (χ4v) is 2.16. The molecule has 0 bridgehead atoms. The summed E-state index contributed by atoms with van der Waals surface area (Å²) in [6.45, 7) is 6.97. The third-order valence-corrected chi connectivity index (χ3v) is 2.77. The van der Waals surface area contributed by atoms with Gasteiger partial charge in [-0.2, -0.15) is 0 Å². The molecule has 0 aromatic heterocycles. The first-order chi connectivity index (χ1) is 7.77. The van der Waals surface area contributed by atoms with E-state index in [1.807, 2.05) is 0 Å². The Morgan fingerprint density at radius 3 is 1.59 bits per heavy atom. The Labute approximate surface area is 99.9 Å². The molecule has 1 aromatic rings. The van der Waals surface area contributed by atoms with Crippen LogP contribution in [0.25, 0.3) is 0 Å². The predicted molar refractivity (Wildman–Crippen MR) is 63.9 cm³/mol. The van der Waals surface area contributed by atoms with Crippen molar-refractivity contribution in [2.24, 2.45) is 0 Å². The summed E-state index contributed by atoms with van der Waals surface area (Å²) in [7, 11) is 0. The van der Waals surface area contributed by atoms with Gasteiger partial charge in [-0.15, -0.1) is 0 Å². The minimum atomic E-state index is -1.08. The number of carbonyl (C=O) groups is 2.